The Hall–Kier alpha value is -1.07. The third kappa shape index (κ3) is 3.63. The molecule has 0 spiro atoms. The highest BCUT2D eigenvalue weighted by atomic mass is 35.5. The number of fused-ring (bicyclic) bond motifs is 1. The molecule has 1 atom stereocenters. The van der Waals surface area contributed by atoms with Gasteiger partial charge >= 0.3 is 0 Å². The number of halogens is 1. The quantitative estimate of drug-likeness (QED) is 0.888. The van der Waals surface area contributed by atoms with Crippen molar-refractivity contribution in [3.05, 3.63) is 34.5 Å². The second kappa shape index (κ2) is 7.01. The van der Waals surface area contributed by atoms with Gasteiger partial charge in [-0.25, -0.2) is 0 Å². The maximum absolute atomic E-state index is 10.3. The molecule has 1 unspecified atom stereocenters. The van der Waals surface area contributed by atoms with Gasteiger partial charge in [-0.2, -0.15) is 0 Å². The SMILES string of the molecule is Cc1c(CC(O)CCN2CCNCC2)oc2ccc(Cl)cc12. The van der Waals surface area contributed by atoms with Crippen LogP contribution in [0.5, 0.6) is 0 Å². The number of aliphatic hydroxyl groups is 1. The summed E-state index contributed by atoms with van der Waals surface area (Å²) in [6, 6.07) is 5.64. The van der Waals surface area contributed by atoms with Crippen molar-refractivity contribution in [1.29, 1.82) is 0 Å². The Morgan fingerprint density at radius 1 is 1.36 bits per heavy atom. The zero-order valence-corrected chi connectivity index (χ0v) is 13.7. The summed E-state index contributed by atoms with van der Waals surface area (Å²) in [5, 5.41) is 15.4. The topological polar surface area (TPSA) is 48.6 Å². The van der Waals surface area contributed by atoms with Crippen LogP contribution in [0.2, 0.25) is 5.02 Å². The van der Waals surface area contributed by atoms with Crippen molar-refractivity contribution in [2.24, 2.45) is 0 Å². The Balaban J connectivity index is 1.61. The molecule has 2 heterocycles. The van der Waals surface area contributed by atoms with E-state index in [1.165, 1.54) is 0 Å². The molecule has 0 amide bonds. The molecule has 0 bridgehead atoms. The van der Waals surface area contributed by atoms with Gasteiger partial charge in [0.15, 0.2) is 0 Å². The van der Waals surface area contributed by atoms with Gasteiger partial charge in [0.2, 0.25) is 0 Å². The van der Waals surface area contributed by atoms with Crippen LogP contribution in [0.3, 0.4) is 0 Å². The van der Waals surface area contributed by atoms with Crippen molar-refractivity contribution in [1.82, 2.24) is 10.2 Å². The number of benzene rings is 1. The average Bonchev–Trinajstić information content (AvgIpc) is 2.82. The fourth-order valence-corrected chi connectivity index (χ4v) is 3.19. The summed E-state index contributed by atoms with van der Waals surface area (Å²) in [5.41, 5.74) is 1.92. The van der Waals surface area contributed by atoms with Gasteiger partial charge in [-0.1, -0.05) is 11.6 Å². The van der Waals surface area contributed by atoms with Crippen LogP contribution in [0, 0.1) is 6.92 Å². The van der Waals surface area contributed by atoms with Gasteiger partial charge in [0.1, 0.15) is 11.3 Å². The molecule has 1 fully saturated rings. The Morgan fingerprint density at radius 2 is 2.14 bits per heavy atom. The molecule has 120 valence electrons. The fraction of sp³-hybridized carbons (Fsp3) is 0.529. The molecule has 2 N–H and O–H groups in total. The van der Waals surface area contributed by atoms with E-state index in [2.05, 4.69) is 10.2 Å². The van der Waals surface area contributed by atoms with Crippen molar-refractivity contribution in [2.45, 2.75) is 25.9 Å². The first kappa shape index (κ1) is 15.8. The number of furan rings is 1. The monoisotopic (exact) mass is 322 g/mol. The van der Waals surface area contributed by atoms with Crippen molar-refractivity contribution in [3.63, 3.8) is 0 Å². The Labute approximate surface area is 136 Å². The highest BCUT2D eigenvalue weighted by Crippen LogP contribution is 2.28. The lowest BCUT2D eigenvalue weighted by Gasteiger charge is -2.27. The van der Waals surface area contributed by atoms with Crippen molar-refractivity contribution in [2.75, 3.05) is 32.7 Å². The second-order valence-corrected chi connectivity index (χ2v) is 6.47. The Kier molecular flexibility index (Phi) is 5.03. The standard InChI is InChI=1S/C17H23ClN2O2/c1-12-15-10-13(18)2-3-16(15)22-17(12)11-14(21)4-7-20-8-5-19-6-9-20/h2-3,10,14,19,21H,4-9,11H2,1H3. The lowest BCUT2D eigenvalue weighted by molar-refractivity contribution is 0.131. The van der Waals surface area contributed by atoms with Crippen LogP contribution in [-0.2, 0) is 6.42 Å². The van der Waals surface area contributed by atoms with Gasteiger partial charge < -0.3 is 19.7 Å². The van der Waals surface area contributed by atoms with E-state index in [4.69, 9.17) is 16.0 Å². The van der Waals surface area contributed by atoms with E-state index in [-0.39, 0.29) is 6.10 Å². The molecule has 5 heteroatoms. The normalized spacial score (nSPS) is 18.0. The van der Waals surface area contributed by atoms with E-state index >= 15 is 0 Å². The number of hydrogen-bond acceptors (Lipinski definition) is 4. The third-order valence-corrected chi connectivity index (χ3v) is 4.64. The second-order valence-electron chi connectivity index (χ2n) is 6.03. The van der Waals surface area contributed by atoms with Crippen LogP contribution >= 0.6 is 11.6 Å². The predicted molar refractivity (Wildman–Crippen MR) is 89.6 cm³/mol. The van der Waals surface area contributed by atoms with E-state index in [0.717, 1.165) is 61.4 Å². The zero-order valence-electron chi connectivity index (χ0n) is 12.9. The molecule has 22 heavy (non-hydrogen) atoms. The van der Waals surface area contributed by atoms with Crippen LogP contribution in [0.4, 0.5) is 0 Å². The largest absolute Gasteiger partial charge is 0.461 e. The molecule has 0 radical (unpaired) electrons. The Bertz CT molecular complexity index is 635. The predicted octanol–water partition coefficient (Wildman–Crippen LogP) is 2.59. The Morgan fingerprint density at radius 3 is 2.91 bits per heavy atom. The minimum Gasteiger partial charge on any atom is -0.461 e. The minimum absolute atomic E-state index is 0.371. The van der Waals surface area contributed by atoms with Gasteiger partial charge in [0.05, 0.1) is 6.10 Å². The average molecular weight is 323 g/mol. The highest BCUT2D eigenvalue weighted by Gasteiger charge is 2.16. The zero-order chi connectivity index (χ0) is 15.5. The first-order chi connectivity index (χ1) is 10.6. The molecule has 4 nitrogen and oxygen atoms in total. The van der Waals surface area contributed by atoms with Crippen molar-refractivity contribution in [3.8, 4) is 0 Å². The smallest absolute Gasteiger partial charge is 0.134 e. The summed E-state index contributed by atoms with van der Waals surface area (Å²) in [5.74, 6) is 0.866. The third-order valence-electron chi connectivity index (χ3n) is 4.41. The van der Waals surface area contributed by atoms with Gasteiger partial charge in [0, 0.05) is 49.6 Å². The molecule has 1 aromatic carbocycles. The van der Waals surface area contributed by atoms with Crippen LogP contribution in [0.25, 0.3) is 11.0 Å². The maximum atomic E-state index is 10.3. The highest BCUT2D eigenvalue weighted by molar-refractivity contribution is 6.31. The van der Waals surface area contributed by atoms with E-state index in [1.807, 2.05) is 25.1 Å². The van der Waals surface area contributed by atoms with Crippen molar-refractivity contribution >= 4 is 22.6 Å². The fourth-order valence-electron chi connectivity index (χ4n) is 3.02. The summed E-state index contributed by atoms with van der Waals surface area (Å²) in [6.07, 6.45) is 0.964. The van der Waals surface area contributed by atoms with Crippen molar-refractivity contribution < 1.29 is 9.52 Å². The van der Waals surface area contributed by atoms with E-state index in [0.29, 0.717) is 11.4 Å². The molecule has 1 saturated heterocycles. The first-order valence-corrected chi connectivity index (χ1v) is 8.30. The van der Waals surface area contributed by atoms with Gasteiger partial charge in [-0.05, 0) is 37.1 Å². The number of piperazine rings is 1. The van der Waals surface area contributed by atoms with Gasteiger partial charge in [0.25, 0.3) is 0 Å². The van der Waals surface area contributed by atoms with Crippen LogP contribution in [0.1, 0.15) is 17.7 Å². The van der Waals surface area contributed by atoms with E-state index in [1.54, 1.807) is 0 Å². The molecule has 0 aliphatic carbocycles. The lowest BCUT2D eigenvalue weighted by atomic mass is 10.1. The minimum atomic E-state index is -0.371. The summed E-state index contributed by atoms with van der Waals surface area (Å²) < 4.78 is 5.87. The molecular formula is C17H23ClN2O2. The summed E-state index contributed by atoms with van der Waals surface area (Å²) in [4.78, 5) is 2.39. The lowest BCUT2D eigenvalue weighted by Crippen LogP contribution is -2.44. The number of aryl methyl sites for hydroxylation is 1. The molecule has 1 aliphatic rings. The molecule has 3 rings (SSSR count). The van der Waals surface area contributed by atoms with Gasteiger partial charge in [-0.3, -0.25) is 0 Å². The van der Waals surface area contributed by atoms with Gasteiger partial charge in [-0.15, -0.1) is 0 Å². The number of nitrogens with zero attached hydrogens (tertiary/aromatic N) is 1. The maximum Gasteiger partial charge on any atom is 0.134 e. The van der Waals surface area contributed by atoms with Crippen LogP contribution in [0.15, 0.2) is 22.6 Å². The number of aliphatic hydroxyl groups excluding tert-OH is 1. The number of rotatable bonds is 5. The molecule has 1 aromatic heterocycles. The number of hydrogen-bond donors (Lipinski definition) is 2. The summed E-state index contributed by atoms with van der Waals surface area (Å²) in [7, 11) is 0. The summed E-state index contributed by atoms with van der Waals surface area (Å²) >= 11 is 6.04. The molecule has 1 aliphatic heterocycles. The van der Waals surface area contributed by atoms with E-state index in [9.17, 15) is 5.11 Å². The van der Waals surface area contributed by atoms with E-state index < -0.39 is 0 Å². The number of nitrogens with one attached hydrogen (secondary N) is 1. The first-order valence-electron chi connectivity index (χ1n) is 7.92. The summed E-state index contributed by atoms with van der Waals surface area (Å²) in [6.45, 7) is 7.18. The van der Waals surface area contributed by atoms with Crippen LogP contribution in [-0.4, -0.2) is 48.8 Å². The molecule has 2 aromatic rings. The molecule has 0 saturated carbocycles. The van der Waals surface area contributed by atoms with Crippen LogP contribution < -0.4 is 5.32 Å². The molecular weight excluding hydrogens is 300 g/mol.